The Kier molecular flexibility index (Phi) is 5.83. The molecule has 1 aliphatic heterocycles. The summed E-state index contributed by atoms with van der Waals surface area (Å²) in [5, 5.41) is 12.6. The van der Waals surface area contributed by atoms with E-state index in [2.05, 4.69) is 9.88 Å². The van der Waals surface area contributed by atoms with Gasteiger partial charge in [-0.2, -0.15) is 0 Å². The number of aromatic amines is 1. The predicted octanol–water partition coefficient (Wildman–Crippen LogP) is 4.59. The monoisotopic (exact) mass is 432 g/mol. The molecule has 2 unspecified atom stereocenters. The number of halogens is 2. The topological polar surface area (TPSA) is 65.6 Å². The lowest BCUT2D eigenvalue weighted by molar-refractivity contribution is -0.135. The van der Waals surface area contributed by atoms with Crippen LogP contribution < -0.4 is 0 Å². The molecule has 29 heavy (non-hydrogen) atoms. The normalized spacial score (nSPS) is 17.9. The molecule has 0 spiro atoms. The number of carbonyl (C=O) groups excluding carboxylic acids is 1. The highest BCUT2D eigenvalue weighted by atomic mass is 35.5. The smallest absolute Gasteiger partial charge is 0.293 e. The number of hydrogen-bond acceptors (Lipinski definition) is 4. The van der Waals surface area contributed by atoms with Crippen molar-refractivity contribution in [2.24, 2.45) is 0 Å². The van der Waals surface area contributed by atoms with Crippen LogP contribution in [0, 0.1) is 6.92 Å². The molecule has 0 radical (unpaired) electrons. The summed E-state index contributed by atoms with van der Waals surface area (Å²) in [4.78, 5) is 16.7. The zero-order valence-electron chi connectivity index (χ0n) is 16.0. The van der Waals surface area contributed by atoms with E-state index in [0.717, 1.165) is 40.7 Å². The predicted molar refractivity (Wildman–Crippen MR) is 114 cm³/mol. The van der Waals surface area contributed by atoms with Crippen molar-refractivity contribution in [1.82, 2.24) is 9.88 Å². The molecule has 0 aliphatic carbocycles. The summed E-state index contributed by atoms with van der Waals surface area (Å²) in [5.41, 5.74) is 4.98. The van der Waals surface area contributed by atoms with Crippen molar-refractivity contribution in [3.8, 4) is 0 Å². The lowest BCUT2D eigenvalue weighted by Crippen LogP contribution is -2.40. The van der Waals surface area contributed by atoms with Crippen molar-refractivity contribution in [1.29, 1.82) is 0 Å². The van der Waals surface area contributed by atoms with Gasteiger partial charge in [0, 0.05) is 39.7 Å². The number of aryl methyl sites for hydroxylation is 1. The van der Waals surface area contributed by atoms with Gasteiger partial charge >= 0.3 is 0 Å². The maximum atomic E-state index is 11.1. The Labute approximate surface area is 179 Å². The lowest BCUT2D eigenvalue weighted by atomic mass is 9.96. The van der Waals surface area contributed by atoms with Gasteiger partial charge in [-0.05, 0) is 54.3 Å². The summed E-state index contributed by atoms with van der Waals surface area (Å²) in [5.74, 6) is 0. The summed E-state index contributed by atoms with van der Waals surface area (Å²) in [6.07, 6.45) is 0.342. The van der Waals surface area contributed by atoms with E-state index in [4.69, 9.17) is 27.9 Å². The first-order valence-electron chi connectivity index (χ1n) is 9.52. The summed E-state index contributed by atoms with van der Waals surface area (Å²) in [6.45, 7) is 3.54. The average Bonchev–Trinajstić information content (AvgIpc) is 3.07. The van der Waals surface area contributed by atoms with Gasteiger partial charge in [-0.3, -0.25) is 9.69 Å². The molecular weight excluding hydrogens is 411 g/mol. The molecule has 0 bridgehead atoms. The number of hydrogen-bond donors (Lipinski definition) is 2. The summed E-state index contributed by atoms with van der Waals surface area (Å²) < 4.78 is 5.39. The van der Waals surface area contributed by atoms with Crippen LogP contribution in [0.4, 0.5) is 0 Å². The minimum atomic E-state index is -0.472. The summed E-state index contributed by atoms with van der Waals surface area (Å²) in [6, 6.07) is 11.2. The third-order valence-electron chi connectivity index (χ3n) is 5.68. The second-order valence-corrected chi connectivity index (χ2v) is 8.22. The van der Waals surface area contributed by atoms with Crippen molar-refractivity contribution >= 4 is 40.6 Å². The number of carbonyl (C=O) groups is 1. The number of nitrogens with one attached hydrogen (secondary N) is 1. The average molecular weight is 433 g/mol. The number of fused-ring (bicyclic) bond motifs is 3. The van der Waals surface area contributed by atoms with Crippen molar-refractivity contribution in [3.63, 3.8) is 0 Å². The van der Waals surface area contributed by atoms with Gasteiger partial charge in [-0.1, -0.05) is 35.3 Å². The van der Waals surface area contributed by atoms with Gasteiger partial charge in [0.25, 0.3) is 6.47 Å². The molecule has 0 saturated carbocycles. The largest absolute Gasteiger partial charge is 0.458 e. The van der Waals surface area contributed by atoms with Crippen LogP contribution in [0.2, 0.25) is 10.0 Å². The molecule has 152 valence electrons. The maximum absolute atomic E-state index is 11.1. The van der Waals surface area contributed by atoms with Crippen molar-refractivity contribution in [2.45, 2.75) is 25.5 Å². The number of aliphatic hydroxyl groups excluding tert-OH is 1. The second-order valence-electron chi connectivity index (χ2n) is 7.38. The molecule has 4 rings (SSSR count). The van der Waals surface area contributed by atoms with Gasteiger partial charge < -0.3 is 14.8 Å². The number of nitrogens with zero attached hydrogens (tertiary/aromatic N) is 1. The van der Waals surface area contributed by atoms with Crippen molar-refractivity contribution < 1.29 is 14.6 Å². The molecule has 0 saturated heterocycles. The quantitative estimate of drug-likeness (QED) is 0.559. The fraction of sp³-hybridized carbons (Fsp3) is 0.318. The van der Waals surface area contributed by atoms with Crippen molar-refractivity contribution in [3.05, 3.63) is 68.8 Å². The van der Waals surface area contributed by atoms with Gasteiger partial charge in [0.05, 0.1) is 12.6 Å². The van der Waals surface area contributed by atoms with Crippen LogP contribution in [0.15, 0.2) is 36.4 Å². The molecule has 2 aromatic carbocycles. The molecule has 2 N–H and O–H groups in total. The fourth-order valence-electron chi connectivity index (χ4n) is 4.13. The van der Waals surface area contributed by atoms with Gasteiger partial charge in [0.15, 0.2) is 0 Å². The van der Waals surface area contributed by atoms with Crippen LogP contribution in [-0.2, 0) is 16.0 Å². The molecule has 1 aliphatic rings. The highest BCUT2D eigenvalue weighted by molar-refractivity contribution is 6.31. The Morgan fingerprint density at radius 2 is 2.14 bits per heavy atom. The van der Waals surface area contributed by atoms with E-state index in [0.29, 0.717) is 23.1 Å². The molecule has 1 aromatic heterocycles. The number of aromatic nitrogens is 1. The third kappa shape index (κ3) is 3.88. The molecule has 7 heteroatoms. The molecule has 5 nitrogen and oxygen atoms in total. The molecule has 2 heterocycles. The lowest BCUT2D eigenvalue weighted by Gasteiger charge is -2.36. The first kappa shape index (κ1) is 20.2. The first-order chi connectivity index (χ1) is 14.0. The Balaban J connectivity index is 1.65. The minimum Gasteiger partial charge on any atom is -0.458 e. The van der Waals surface area contributed by atoms with Gasteiger partial charge in [-0.25, -0.2) is 0 Å². The zero-order chi connectivity index (χ0) is 20.5. The number of rotatable bonds is 6. The Bertz CT molecular complexity index is 1050. The molecular formula is C22H22Cl2N2O3. The molecule has 0 fully saturated rings. The van der Waals surface area contributed by atoms with E-state index in [1.807, 2.05) is 43.3 Å². The van der Waals surface area contributed by atoms with Crippen molar-refractivity contribution in [2.75, 3.05) is 19.7 Å². The number of aliphatic hydroxyl groups is 1. The van der Waals surface area contributed by atoms with Gasteiger partial charge in [0.2, 0.25) is 0 Å². The molecule has 2 atom stereocenters. The highest BCUT2D eigenvalue weighted by Crippen LogP contribution is 2.36. The number of ether oxygens (including phenoxy) is 1. The maximum Gasteiger partial charge on any atom is 0.293 e. The van der Waals surface area contributed by atoms with E-state index in [1.54, 1.807) is 0 Å². The minimum absolute atomic E-state index is 0.0456. The highest BCUT2D eigenvalue weighted by Gasteiger charge is 2.32. The molecule has 0 amide bonds. The van der Waals surface area contributed by atoms with Gasteiger partial charge in [0.1, 0.15) is 6.10 Å². The third-order valence-corrected chi connectivity index (χ3v) is 6.33. The van der Waals surface area contributed by atoms with E-state index in [-0.39, 0.29) is 12.6 Å². The van der Waals surface area contributed by atoms with Crippen LogP contribution in [-0.4, -0.2) is 41.2 Å². The zero-order valence-corrected chi connectivity index (χ0v) is 17.5. The number of H-pyrrole nitrogens is 1. The van der Waals surface area contributed by atoms with Crippen LogP contribution in [0.25, 0.3) is 10.9 Å². The van der Waals surface area contributed by atoms with Crippen LogP contribution in [0.1, 0.15) is 34.5 Å². The van der Waals surface area contributed by atoms with E-state index >= 15 is 0 Å². The Morgan fingerprint density at radius 3 is 2.86 bits per heavy atom. The summed E-state index contributed by atoms with van der Waals surface area (Å²) in [7, 11) is 0. The summed E-state index contributed by atoms with van der Waals surface area (Å²) >= 11 is 12.4. The standard InChI is InChI=1S/C22H22Cl2N2O3/c1-13-2-3-14(8-18(13)24)21(29-12-28)10-26-7-6-16-17-9-15(23)4-5-19(17)25-22(16)20(26)11-27/h2-5,8-9,12,20-21,25,27H,6-7,10-11H2,1H3. The van der Waals surface area contributed by atoms with Gasteiger partial charge in [-0.15, -0.1) is 0 Å². The Morgan fingerprint density at radius 1 is 1.31 bits per heavy atom. The van der Waals surface area contributed by atoms with E-state index in [1.165, 1.54) is 5.56 Å². The van der Waals surface area contributed by atoms with Crippen LogP contribution in [0.5, 0.6) is 0 Å². The molecule has 3 aromatic rings. The number of benzene rings is 2. The van der Waals surface area contributed by atoms with Crippen LogP contribution in [0.3, 0.4) is 0 Å². The van der Waals surface area contributed by atoms with E-state index < -0.39 is 6.10 Å². The first-order valence-corrected chi connectivity index (χ1v) is 10.3. The second kappa shape index (κ2) is 8.36. The Hall–Kier alpha value is -2.05. The van der Waals surface area contributed by atoms with E-state index in [9.17, 15) is 9.90 Å². The fourth-order valence-corrected chi connectivity index (χ4v) is 4.49. The SMILES string of the molecule is Cc1ccc(C(CN2CCc3c([nH]c4ccc(Cl)cc34)C2CO)OC=O)cc1Cl. The van der Waals surface area contributed by atoms with Crippen LogP contribution >= 0.6 is 23.2 Å².